The number of nitrogen functional groups attached to an aromatic ring is 1. The zero-order valence-electron chi connectivity index (χ0n) is 9.91. The normalized spacial score (nSPS) is 20.2. The van der Waals surface area contributed by atoms with Crippen LogP contribution in [0.15, 0.2) is 24.5 Å². The number of nitrogens with zero attached hydrogens (tertiary/aromatic N) is 2. The van der Waals surface area contributed by atoms with Gasteiger partial charge in [-0.05, 0) is 25.0 Å². The molecule has 0 atom stereocenters. The van der Waals surface area contributed by atoms with E-state index in [1.165, 1.54) is 0 Å². The molecule has 0 saturated carbocycles. The number of hydrogen-bond acceptors (Lipinski definition) is 4. The summed E-state index contributed by atoms with van der Waals surface area (Å²) in [5.41, 5.74) is 8.23. The second-order valence-electron chi connectivity index (χ2n) is 4.82. The Hall–Kier alpha value is -1.56. The second kappa shape index (κ2) is 3.98. The summed E-state index contributed by atoms with van der Waals surface area (Å²) in [6, 6.07) is 3.69. The van der Waals surface area contributed by atoms with Gasteiger partial charge >= 0.3 is 0 Å². The summed E-state index contributed by atoms with van der Waals surface area (Å²) in [6.45, 7) is 0. The Bertz CT molecular complexity index is 676. The predicted octanol–water partition coefficient (Wildman–Crippen LogP) is 1.21. The molecule has 6 heteroatoms. The van der Waals surface area contributed by atoms with Gasteiger partial charge in [-0.3, -0.25) is 0 Å². The fourth-order valence-corrected chi connectivity index (χ4v) is 3.90. The van der Waals surface area contributed by atoms with E-state index >= 15 is 0 Å². The third-order valence-corrected chi connectivity index (χ3v) is 5.18. The molecule has 2 aromatic rings. The first-order valence-corrected chi connectivity index (χ1v) is 7.80. The van der Waals surface area contributed by atoms with Crippen LogP contribution in [0.1, 0.15) is 24.5 Å². The van der Waals surface area contributed by atoms with Gasteiger partial charge in [0, 0.05) is 24.0 Å². The summed E-state index contributed by atoms with van der Waals surface area (Å²) < 4.78 is 24.7. The molecule has 0 aromatic carbocycles. The van der Waals surface area contributed by atoms with Gasteiger partial charge in [-0.1, -0.05) is 0 Å². The smallest absolute Gasteiger partial charge is 0.150 e. The summed E-state index contributed by atoms with van der Waals surface area (Å²) in [7, 11) is -2.82. The van der Waals surface area contributed by atoms with Gasteiger partial charge in [0.1, 0.15) is 15.5 Å². The lowest BCUT2D eigenvalue weighted by atomic mass is 10.00. The highest BCUT2D eigenvalue weighted by Crippen LogP contribution is 2.28. The molecule has 96 valence electrons. The Morgan fingerprint density at radius 3 is 2.67 bits per heavy atom. The van der Waals surface area contributed by atoms with Gasteiger partial charge in [0.25, 0.3) is 0 Å². The number of aromatic nitrogens is 2. The molecule has 0 radical (unpaired) electrons. The number of fused-ring (bicyclic) bond motifs is 1. The lowest BCUT2D eigenvalue weighted by Crippen LogP contribution is -2.22. The molecule has 1 aliphatic heterocycles. The highest BCUT2D eigenvalue weighted by Gasteiger charge is 2.26. The molecule has 0 aliphatic carbocycles. The molecule has 3 rings (SSSR count). The first-order chi connectivity index (χ1) is 8.53. The van der Waals surface area contributed by atoms with Crippen LogP contribution in [0.25, 0.3) is 5.65 Å². The molecule has 1 saturated heterocycles. The van der Waals surface area contributed by atoms with E-state index in [1.54, 1.807) is 0 Å². The van der Waals surface area contributed by atoms with Crippen LogP contribution >= 0.6 is 0 Å². The highest BCUT2D eigenvalue weighted by molar-refractivity contribution is 7.91. The first-order valence-electron chi connectivity index (χ1n) is 5.98. The minimum atomic E-state index is -2.82. The van der Waals surface area contributed by atoms with Gasteiger partial charge in [0.2, 0.25) is 0 Å². The quantitative estimate of drug-likeness (QED) is 0.840. The molecule has 0 unspecified atom stereocenters. The van der Waals surface area contributed by atoms with Crippen molar-refractivity contribution in [3.05, 3.63) is 30.2 Å². The largest absolute Gasteiger partial charge is 0.398 e. The topological polar surface area (TPSA) is 77.5 Å². The molecule has 0 spiro atoms. The molecule has 2 aromatic heterocycles. The average Bonchev–Trinajstić information content (AvgIpc) is 2.71. The number of anilines is 1. The zero-order chi connectivity index (χ0) is 12.8. The maximum Gasteiger partial charge on any atom is 0.150 e. The zero-order valence-corrected chi connectivity index (χ0v) is 10.7. The maximum absolute atomic E-state index is 11.4. The van der Waals surface area contributed by atoms with Gasteiger partial charge in [0.15, 0.2) is 0 Å². The van der Waals surface area contributed by atoms with E-state index in [4.69, 9.17) is 5.73 Å². The van der Waals surface area contributed by atoms with Crippen LogP contribution in [0.3, 0.4) is 0 Å². The third-order valence-electron chi connectivity index (χ3n) is 3.47. The van der Waals surface area contributed by atoms with Crippen LogP contribution < -0.4 is 5.73 Å². The van der Waals surface area contributed by atoms with Crippen LogP contribution in [-0.2, 0) is 9.84 Å². The van der Waals surface area contributed by atoms with E-state index in [2.05, 4.69) is 4.98 Å². The number of rotatable bonds is 1. The van der Waals surface area contributed by atoms with Crippen molar-refractivity contribution in [2.45, 2.75) is 18.8 Å². The Kier molecular flexibility index (Phi) is 2.55. The van der Waals surface area contributed by atoms with Gasteiger partial charge < -0.3 is 10.1 Å². The number of imidazole rings is 1. The monoisotopic (exact) mass is 265 g/mol. The van der Waals surface area contributed by atoms with Crippen LogP contribution in [0, 0.1) is 0 Å². The molecule has 18 heavy (non-hydrogen) atoms. The number of hydrogen-bond donors (Lipinski definition) is 1. The van der Waals surface area contributed by atoms with Crippen LogP contribution in [0.2, 0.25) is 0 Å². The SMILES string of the molecule is Nc1ccc2nc(C3CCS(=O)(=O)CC3)cn2c1. The van der Waals surface area contributed by atoms with Crippen molar-refractivity contribution in [3.8, 4) is 0 Å². The van der Waals surface area contributed by atoms with E-state index in [0.29, 0.717) is 18.5 Å². The van der Waals surface area contributed by atoms with Crippen LogP contribution in [-0.4, -0.2) is 29.3 Å². The fourth-order valence-electron chi connectivity index (χ4n) is 2.41. The van der Waals surface area contributed by atoms with Crippen molar-refractivity contribution in [1.82, 2.24) is 9.38 Å². The lowest BCUT2D eigenvalue weighted by molar-refractivity contribution is 0.546. The average molecular weight is 265 g/mol. The van der Waals surface area contributed by atoms with Crippen molar-refractivity contribution in [1.29, 1.82) is 0 Å². The van der Waals surface area contributed by atoms with E-state index in [-0.39, 0.29) is 17.4 Å². The standard InChI is InChI=1S/C12H15N3O2S/c13-10-1-2-12-14-11(8-15(12)7-10)9-3-5-18(16,17)6-4-9/h1-2,7-9H,3-6,13H2. The summed E-state index contributed by atoms with van der Waals surface area (Å²) in [6.07, 6.45) is 5.11. The Morgan fingerprint density at radius 2 is 1.94 bits per heavy atom. The molecule has 2 N–H and O–H groups in total. The Balaban J connectivity index is 1.91. The summed E-state index contributed by atoms with van der Waals surface area (Å²) in [5.74, 6) is 0.788. The highest BCUT2D eigenvalue weighted by atomic mass is 32.2. The van der Waals surface area contributed by atoms with Gasteiger partial charge in [-0.15, -0.1) is 0 Å². The van der Waals surface area contributed by atoms with Crippen molar-refractivity contribution < 1.29 is 8.42 Å². The Labute approximate surface area is 106 Å². The van der Waals surface area contributed by atoms with Crippen molar-refractivity contribution in [2.75, 3.05) is 17.2 Å². The van der Waals surface area contributed by atoms with Crippen molar-refractivity contribution in [2.24, 2.45) is 0 Å². The van der Waals surface area contributed by atoms with Crippen molar-refractivity contribution in [3.63, 3.8) is 0 Å². The molecular formula is C12H15N3O2S. The number of sulfone groups is 1. The maximum atomic E-state index is 11.4. The van der Waals surface area contributed by atoms with Crippen LogP contribution in [0.5, 0.6) is 0 Å². The summed E-state index contributed by atoms with van der Waals surface area (Å²) in [4.78, 5) is 4.54. The van der Waals surface area contributed by atoms with E-state index in [0.717, 1.165) is 11.3 Å². The van der Waals surface area contributed by atoms with Crippen molar-refractivity contribution >= 4 is 21.2 Å². The number of pyridine rings is 1. The van der Waals surface area contributed by atoms with E-state index in [1.807, 2.05) is 28.9 Å². The second-order valence-corrected chi connectivity index (χ2v) is 7.12. The van der Waals surface area contributed by atoms with Gasteiger partial charge in [-0.25, -0.2) is 13.4 Å². The number of nitrogens with two attached hydrogens (primary N) is 1. The fraction of sp³-hybridized carbons (Fsp3) is 0.417. The van der Waals surface area contributed by atoms with Gasteiger partial charge in [-0.2, -0.15) is 0 Å². The third kappa shape index (κ3) is 2.08. The minimum absolute atomic E-state index is 0.245. The molecule has 5 nitrogen and oxygen atoms in total. The minimum Gasteiger partial charge on any atom is -0.398 e. The summed E-state index contributed by atoms with van der Waals surface area (Å²) >= 11 is 0. The van der Waals surface area contributed by atoms with Gasteiger partial charge in [0.05, 0.1) is 17.2 Å². The summed E-state index contributed by atoms with van der Waals surface area (Å²) in [5, 5.41) is 0. The molecular weight excluding hydrogens is 250 g/mol. The lowest BCUT2D eigenvalue weighted by Gasteiger charge is -2.19. The first kappa shape index (κ1) is 11.5. The van der Waals surface area contributed by atoms with E-state index < -0.39 is 9.84 Å². The molecule has 1 fully saturated rings. The van der Waals surface area contributed by atoms with E-state index in [9.17, 15) is 8.42 Å². The molecule has 0 amide bonds. The molecule has 0 bridgehead atoms. The Morgan fingerprint density at radius 1 is 1.22 bits per heavy atom. The predicted molar refractivity (Wildman–Crippen MR) is 70.2 cm³/mol. The molecule has 3 heterocycles. The van der Waals surface area contributed by atoms with Crippen LogP contribution in [0.4, 0.5) is 5.69 Å². The molecule has 1 aliphatic rings.